The van der Waals surface area contributed by atoms with E-state index < -0.39 is 0 Å². The van der Waals surface area contributed by atoms with E-state index in [9.17, 15) is 0 Å². The minimum atomic E-state index is 0.353. The lowest BCUT2D eigenvalue weighted by Gasteiger charge is -2.23. The molecule has 14 aromatic rings. The molecule has 0 fully saturated rings. The van der Waals surface area contributed by atoms with Gasteiger partial charge in [0.15, 0.2) is 0 Å². The van der Waals surface area contributed by atoms with Crippen LogP contribution in [0.15, 0.2) is 237 Å². The number of benzene rings is 10. The summed E-state index contributed by atoms with van der Waals surface area (Å²) in [6, 6.07) is 82.7. The van der Waals surface area contributed by atoms with Crippen molar-refractivity contribution < 1.29 is 0 Å². The van der Waals surface area contributed by atoms with Crippen molar-refractivity contribution in [2.75, 3.05) is 0 Å². The van der Waals surface area contributed by atoms with Gasteiger partial charge in [-0.05, 0) is 169 Å². The first-order valence-electron chi connectivity index (χ1n) is 26.9. The number of imidazole rings is 1. The predicted molar refractivity (Wildman–Crippen MR) is 319 cm³/mol. The van der Waals surface area contributed by atoms with Crippen molar-refractivity contribution >= 4 is 65.4 Å². The Bertz CT molecular complexity index is 4500. The van der Waals surface area contributed by atoms with Gasteiger partial charge >= 0.3 is 0 Å². The second-order valence-electron chi connectivity index (χ2n) is 20.9. The van der Waals surface area contributed by atoms with Crippen LogP contribution in [-0.2, 0) is 0 Å². The number of para-hydroxylation sites is 5. The van der Waals surface area contributed by atoms with E-state index in [1.807, 2.05) is 6.20 Å². The Kier molecular flexibility index (Phi) is 11.0. The van der Waals surface area contributed by atoms with E-state index in [1.54, 1.807) is 0 Å². The average molecular weight is 980 g/mol. The largest absolute Gasteiger partial charge is 0.309 e. The first-order valence-corrected chi connectivity index (χ1v) is 26.9. The van der Waals surface area contributed by atoms with Gasteiger partial charge in [0.2, 0.25) is 0 Å². The van der Waals surface area contributed by atoms with Gasteiger partial charge in [-0.25, -0.2) is 4.98 Å². The molecule has 5 heteroatoms. The molecule has 4 aromatic heterocycles. The Morgan fingerprint density at radius 2 is 0.855 bits per heavy atom. The Hall–Kier alpha value is -9.19. The van der Waals surface area contributed by atoms with Gasteiger partial charge in [0.05, 0.1) is 38.8 Å². The molecular weight excluding hydrogens is 923 g/mol. The minimum absolute atomic E-state index is 0.353. The summed E-state index contributed by atoms with van der Waals surface area (Å²) in [5.74, 6) is 1.71. The number of aryl methyl sites for hydroxylation is 2. The zero-order valence-corrected chi connectivity index (χ0v) is 43.3. The SMILES string of the molecule is CCC(CC(C)c1ccc2c(c1)c1ccccc1n2-c1cccc(-c2ccc3c(c2)c2ccccc2n3-c2ccccc2)c1)c1cc(C)c(-n2ccnc2-c2ccc3c(c2)c2ccccc2n3-c2ccccc2)c(C)c1. The molecule has 0 aliphatic carbocycles. The summed E-state index contributed by atoms with van der Waals surface area (Å²) >= 11 is 0. The van der Waals surface area contributed by atoms with Crippen molar-refractivity contribution in [3.8, 4) is 45.3 Å². The third-order valence-electron chi connectivity index (χ3n) is 16.3. The molecule has 0 radical (unpaired) electrons. The molecule has 0 spiro atoms. The van der Waals surface area contributed by atoms with E-state index in [0.717, 1.165) is 35.6 Å². The fourth-order valence-corrected chi connectivity index (χ4v) is 12.8. The lowest BCUT2D eigenvalue weighted by Crippen LogP contribution is -2.07. The van der Waals surface area contributed by atoms with Gasteiger partial charge in [-0.2, -0.15) is 0 Å². The molecule has 0 bridgehead atoms. The van der Waals surface area contributed by atoms with Crippen LogP contribution in [0.3, 0.4) is 0 Å². The Morgan fingerprint density at radius 1 is 0.395 bits per heavy atom. The van der Waals surface area contributed by atoms with Crippen molar-refractivity contribution in [2.24, 2.45) is 0 Å². The van der Waals surface area contributed by atoms with Crippen LogP contribution < -0.4 is 0 Å². The Labute approximate surface area is 443 Å². The fourth-order valence-electron chi connectivity index (χ4n) is 12.8. The van der Waals surface area contributed by atoms with Crippen LogP contribution in [0.5, 0.6) is 0 Å². The molecule has 2 unspecified atom stereocenters. The molecule has 0 N–H and O–H groups in total. The monoisotopic (exact) mass is 979 g/mol. The van der Waals surface area contributed by atoms with Crippen LogP contribution in [0.4, 0.5) is 0 Å². The highest BCUT2D eigenvalue weighted by Crippen LogP contribution is 2.41. The standard InChI is InChI=1S/C71H57N5/c1-5-49(54-40-47(3)70(48(4)41-54)73-38-37-72-71(73)53-33-36-68-63(45-53)60-27-13-16-29-65(60)75(68)56-22-10-7-11-23-56)39-46(2)50-31-34-69-61(43-50)58-25-14-17-30-66(58)76(69)57-24-18-19-51(42-57)52-32-35-67-62(44-52)59-26-12-15-28-64(59)74(67)55-20-8-6-9-21-55/h6-38,40-46,49H,5,39H2,1-4H3. The van der Waals surface area contributed by atoms with Gasteiger partial charge in [0, 0.05) is 67.3 Å². The number of aromatic nitrogens is 5. The van der Waals surface area contributed by atoms with E-state index in [4.69, 9.17) is 4.98 Å². The first-order chi connectivity index (χ1) is 37.4. The zero-order valence-electron chi connectivity index (χ0n) is 43.3. The van der Waals surface area contributed by atoms with E-state index in [0.29, 0.717) is 11.8 Å². The molecule has 0 amide bonds. The highest BCUT2D eigenvalue weighted by atomic mass is 15.1. The number of fused-ring (bicyclic) bond motifs is 9. The highest BCUT2D eigenvalue weighted by molar-refractivity contribution is 6.12. The lowest BCUT2D eigenvalue weighted by atomic mass is 9.83. The van der Waals surface area contributed by atoms with Crippen LogP contribution in [0.1, 0.15) is 60.8 Å². The van der Waals surface area contributed by atoms with Crippen molar-refractivity contribution in [3.05, 3.63) is 259 Å². The summed E-state index contributed by atoms with van der Waals surface area (Å²) in [6.07, 6.45) is 6.19. The maximum atomic E-state index is 5.00. The molecule has 14 rings (SSSR count). The van der Waals surface area contributed by atoms with Gasteiger partial charge in [-0.1, -0.05) is 141 Å². The van der Waals surface area contributed by atoms with Crippen LogP contribution in [-0.4, -0.2) is 23.3 Å². The minimum Gasteiger partial charge on any atom is -0.309 e. The average Bonchev–Trinajstić information content (AvgIpc) is 4.25. The Balaban J connectivity index is 0.760. The molecule has 5 nitrogen and oxygen atoms in total. The van der Waals surface area contributed by atoms with Crippen molar-refractivity contribution in [2.45, 2.75) is 52.4 Å². The second-order valence-corrected chi connectivity index (χ2v) is 20.9. The molecular formula is C71H57N5. The summed E-state index contributed by atoms with van der Waals surface area (Å²) in [5.41, 5.74) is 20.8. The number of hydrogen-bond acceptors (Lipinski definition) is 1. The quantitative estimate of drug-likeness (QED) is 0.127. The molecule has 4 heterocycles. The third kappa shape index (κ3) is 7.40. The normalized spacial score (nSPS) is 12.7. The van der Waals surface area contributed by atoms with Gasteiger partial charge in [0.1, 0.15) is 5.82 Å². The van der Waals surface area contributed by atoms with E-state index in [2.05, 4.69) is 277 Å². The lowest BCUT2D eigenvalue weighted by molar-refractivity contribution is 0.544. The van der Waals surface area contributed by atoms with E-state index >= 15 is 0 Å². The van der Waals surface area contributed by atoms with Crippen molar-refractivity contribution in [1.82, 2.24) is 23.3 Å². The molecule has 0 aliphatic heterocycles. The molecule has 76 heavy (non-hydrogen) atoms. The summed E-state index contributed by atoms with van der Waals surface area (Å²) in [6.45, 7) is 9.31. The van der Waals surface area contributed by atoms with Crippen LogP contribution in [0.25, 0.3) is 111 Å². The predicted octanol–water partition coefficient (Wildman–Crippen LogP) is 18.8. The van der Waals surface area contributed by atoms with Crippen LogP contribution in [0.2, 0.25) is 0 Å². The molecule has 10 aromatic carbocycles. The Morgan fingerprint density at radius 3 is 1.43 bits per heavy atom. The summed E-state index contributed by atoms with van der Waals surface area (Å²) in [4.78, 5) is 5.00. The molecule has 0 aliphatic rings. The number of hydrogen-bond donors (Lipinski definition) is 0. The van der Waals surface area contributed by atoms with E-state index in [-0.39, 0.29) is 0 Å². The zero-order chi connectivity index (χ0) is 51.0. The summed E-state index contributed by atoms with van der Waals surface area (Å²) in [5, 5.41) is 7.54. The van der Waals surface area contributed by atoms with Crippen LogP contribution >= 0.6 is 0 Å². The fraction of sp³-hybridized carbons (Fsp3) is 0.113. The van der Waals surface area contributed by atoms with Gasteiger partial charge in [0.25, 0.3) is 0 Å². The summed E-state index contributed by atoms with van der Waals surface area (Å²) in [7, 11) is 0. The maximum absolute atomic E-state index is 5.00. The van der Waals surface area contributed by atoms with Crippen molar-refractivity contribution in [1.29, 1.82) is 0 Å². The molecule has 0 saturated heterocycles. The van der Waals surface area contributed by atoms with Gasteiger partial charge in [-0.15, -0.1) is 0 Å². The first kappa shape index (κ1) is 45.4. The number of nitrogens with zero attached hydrogens (tertiary/aromatic N) is 5. The van der Waals surface area contributed by atoms with Gasteiger partial charge < -0.3 is 13.7 Å². The van der Waals surface area contributed by atoms with E-state index in [1.165, 1.54) is 110 Å². The number of rotatable bonds is 11. The topological polar surface area (TPSA) is 32.6 Å². The third-order valence-corrected chi connectivity index (χ3v) is 16.3. The van der Waals surface area contributed by atoms with Crippen molar-refractivity contribution in [3.63, 3.8) is 0 Å². The highest BCUT2D eigenvalue weighted by Gasteiger charge is 2.22. The smallest absolute Gasteiger partial charge is 0.144 e. The second kappa shape index (κ2) is 18.3. The van der Waals surface area contributed by atoms with Gasteiger partial charge in [-0.3, -0.25) is 4.57 Å². The molecule has 0 saturated carbocycles. The molecule has 2 atom stereocenters. The maximum Gasteiger partial charge on any atom is 0.144 e. The summed E-state index contributed by atoms with van der Waals surface area (Å²) < 4.78 is 9.50. The molecule has 366 valence electrons. The van der Waals surface area contributed by atoms with Crippen LogP contribution in [0, 0.1) is 13.8 Å².